The summed E-state index contributed by atoms with van der Waals surface area (Å²) in [5.74, 6) is 0.126. The largest absolute Gasteiger partial charge is 0.416 e. The first kappa shape index (κ1) is 35.0. The van der Waals surface area contributed by atoms with Gasteiger partial charge in [-0.2, -0.15) is 26.3 Å². The molecule has 0 spiro atoms. The summed E-state index contributed by atoms with van der Waals surface area (Å²) in [6.07, 6.45) is -6.36. The third-order valence-corrected chi connectivity index (χ3v) is 9.50. The zero-order valence-electron chi connectivity index (χ0n) is 26.5. The van der Waals surface area contributed by atoms with Crippen molar-refractivity contribution in [3.05, 3.63) is 70.0 Å². The number of amides is 2. The Labute approximate surface area is 261 Å². The maximum atomic E-state index is 14.1. The van der Waals surface area contributed by atoms with Gasteiger partial charge in [0.05, 0.1) is 23.2 Å². The molecule has 12 heteroatoms. The maximum absolute atomic E-state index is 14.1. The van der Waals surface area contributed by atoms with Gasteiger partial charge in [0.2, 0.25) is 0 Å². The van der Waals surface area contributed by atoms with Gasteiger partial charge in [0.15, 0.2) is 0 Å². The minimum absolute atomic E-state index is 0.0746. The molecule has 5 nitrogen and oxygen atoms in total. The van der Waals surface area contributed by atoms with E-state index in [9.17, 15) is 35.5 Å². The van der Waals surface area contributed by atoms with E-state index in [1.54, 1.807) is 17.9 Å². The summed E-state index contributed by atoms with van der Waals surface area (Å²) in [6.45, 7) is 7.55. The average molecular weight is 645 g/mol. The van der Waals surface area contributed by atoms with Gasteiger partial charge in [-0.25, -0.2) is 9.18 Å². The minimum atomic E-state index is -4.99. The van der Waals surface area contributed by atoms with Crippen LogP contribution in [0.25, 0.3) is 0 Å². The van der Waals surface area contributed by atoms with Crippen LogP contribution < -0.4 is 0 Å². The number of urea groups is 1. The van der Waals surface area contributed by atoms with Crippen molar-refractivity contribution in [2.24, 2.45) is 11.8 Å². The van der Waals surface area contributed by atoms with E-state index >= 15 is 0 Å². The highest BCUT2D eigenvalue weighted by Crippen LogP contribution is 2.45. The first-order chi connectivity index (χ1) is 21.0. The number of hydrogen-bond donors (Lipinski definition) is 0. The predicted octanol–water partition coefficient (Wildman–Crippen LogP) is 8.01. The number of piperidine rings is 1. The van der Waals surface area contributed by atoms with Crippen LogP contribution in [0.15, 0.2) is 36.4 Å². The van der Waals surface area contributed by atoms with Crippen LogP contribution in [0.4, 0.5) is 35.5 Å². The summed E-state index contributed by atoms with van der Waals surface area (Å²) < 4.78 is 95.4. The Hall–Kier alpha value is -2.86. The highest BCUT2D eigenvalue weighted by atomic mass is 19.4. The van der Waals surface area contributed by atoms with Crippen molar-refractivity contribution < 1.29 is 35.5 Å². The second-order valence-electron chi connectivity index (χ2n) is 12.9. The molecule has 2 aromatic rings. The van der Waals surface area contributed by atoms with Crippen LogP contribution in [0.5, 0.6) is 0 Å². The number of benzene rings is 2. The smallest absolute Gasteiger partial charge is 0.321 e. The molecule has 2 aromatic carbocycles. The van der Waals surface area contributed by atoms with Gasteiger partial charge in [-0.05, 0) is 126 Å². The van der Waals surface area contributed by atoms with Crippen molar-refractivity contribution in [1.29, 1.82) is 0 Å². The lowest BCUT2D eigenvalue weighted by Crippen LogP contribution is -2.43. The fraction of sp³-hybridized carbons (Fsp3) is 0.606. The number of nitrogens with zero attached hydrogens (tertiary/aromatic N) is 4. The maximum Gasteiger partial charge on any atom is 0.416 e. The number of alkyl halides is 6. The summed E-state index contributed by atoms with van der Waals surface area (Å²) in [6, 6.07) is 3.91. The Morgan fingerprint density at radius 1 is 0.911 bits per heavy atom. The van der Waals surface area contributed by atoms with Crippen molar-refractivity contribution in [1.82, 2.24) is 19.6 Å². The molecule has 1 unspecified atom stereocenters. The van der Waals surface area contributed by atoms with Gasteiger partial charge in [-0.1, -0.05) is 6.07 Å². The van der Waals surface area contributed by atoms with Gasteiger partial charge in [0.25, 0.3) is 0 Å². The Balaban J connectivity index is 1.57. The first-order valence-corrected chi connectivity index (χ1v) is 15.4. The predicted molar refractivity (Wildman–Crippen MR) is 159 cm³/mol. The van der Waals surface area contributed by atoms with Crippen molar-refractivity contribution >= 4 is 6.03 Å². The molecule has 3 atom stereocenters. The molecule has 2 aliphatic heterocycles. The van der Waals surface area contributed by atoms with Crippen LogP contribution in [0.1, 0.15) is 72.5 Å². The molecule has 45 heavy (non-hydrogen) atoms. The molecular weight excluding hydrogens is 601 g/mol. The summed E-state index contributed by atoms with van der Waals surface area (Å²) in [5.41, 5.74) is -1.62. The highest BCUT2D eigenvalue weighted by molar-refractivity contribution is 5.76. The fourth-order valence-corrected chi connectivity index (χ4v) is 6.74. The molecule has 0 saturated carbocycles. The molecule has 0 radical (unpaired) electrons. The quantitative estimate of drug-likeness (QED) is 0.273. The molecule has 2 fully saturated rings. The van der Waals surface area contributed by atoms with E-state index in [4.69, 9.17) is 0 Å². The van der Waals surface area contributed by atoms with Crippen molar-refractivity contribution in [3.8, 4) is 0 Å². The molecule has 0 aromatic heterocycles. The summed E-state index contributed by atoms with van der Waals surface area (Å²) in [4.78, 5) is 21.5. The third kappa shape index (κ3) is 8.49. The lowest BCUT2D eigenvalue weighted by Gasteiger charge is -2.37. The SMILES string of the molecule is Cc1cc(F)ccc1C1[C@@H](CC2CCN(CCN(C)C)CC2)CCN1C(=O)N(C)[C@@H](C)c1cc(C(F)(F)F)cc(C(F)(F)F)c1. The lowest BCUT2D eigenvalue weighted by atomic mass is 9.81. The number of carbonyl (C=O) groups excluding carboxylic acids is 1. The summed E-state index contributed by atoms with van der Waals surface area (Å²) >= 11 is 0. The van der Waals surface area contributed by atoms with Crippen LogP contribution >= 0.6 is 0 Å². The van der Waals surface area contributed by atoms with E-state index in [-0.39, 0.29) is 17.5 Å². The van der Waals surface area contributed by atoms with E-state index in [2.05, 4.69) is 23.9 Å². The number of hydrogen-bond acceptors (Lipinski definition) is 3. The van der Waals surface area contributed by atoms with E-state index in [0.29, 0.717) is 36.6 Å². The topological polar surface area (TPSA) is 30.0 Å². The molecule has 0 N–H and O–H groups in total. The number of aryl methyl sites for hydroxylation is 1. The molecule has 4 rings (SSSR count). The molecule has 250 valence electrons. The normalized spacial score (nSPS) is 21.0. The van der Waals surface area contributed by atoms with Crippen LogP contribution in [0, 0.1) is 24.6 Å². The van der Waals surface area contributed by atoms with E-state index < -0.39 is 47.4 Å². The van der Waals surface area contributed by atoms with Gasteiger partial charge < -0.3 is 19.6 Å². The van der Waals surface area contributed by atoms with E-state index in [1.165, 1.54) is 31.0 Å². The summed E-state index contributed by atoms with van der Waals surface area (Å²) in [7, 11) is 5.50. The number of carbonyl (C=O) groups is 1. The molecule has 2 heterocycles. The van der Waals surface area contributed by atoms with Crippen LogP contribution in [0.3, 0.4) is 0 Å². The van der Waals surface area contributed by atoms with Gasteiger partial charge in [0, 0.05) is 26.7 Å². The number of likely N-dealkylation sites (N-methyl/N-ethyl adjacent to an activating group) is 1. The van der Waals surface area contributed by atoms with E-state index in [1.807, 2.05) is 0 Å². The van der Waals surface area contributed by atoms with Crippen LogP contribution in [0.2, 0.25) is 0 Å². The fourth-order valence-electron chi connectivity index (χ4n) is 6.74. The molecule has 2 amide bonds. The first-order valence-electron chi connectivity index (χ1n) is 15.4. The standard InChI is InChI=1S/C33H43F7N4O/c1-21-16-28(34)6-7-29(21)30-24(17-23-8-11-43(12-9-23)15-14-41(3)4)10-13-44(30)31(45)42(5)22(2)25-18-26(32(35,36)37)20-27(19-25)33(38,39)40/h6-7,16,18-20,22-24,30H,8-15,17H2,1-5H3/t22-,24+,30?/m0/s1. The van der Waals surface area contributed by atoms with Gasteiger partial charge in [-0.15, -0.1) is 0 Å². The molecule has 0 bridgehead atoms. The van der Waals surface area contributed by atoms with Crippen LogP contribution in [-0.4, -0.2) is 79.5 Å². The molecule has 0 aliphatic carbocycles. The number of halogens is 7. The van der Waals surface area contributed by atoms with Gasteiger partial charge in [-0.3, -0.25) is 0 Å². The van der Waals surface area contributed by atoms with Crippen molar-refractivity contribution in [3.63, 3.8) is 0 Å². The number of rotatable bonds is 8. The van der Waals surface area contributed by atoms with Crippen LogP contribution in [-0.2, 0) is 12.4 Å². The summed E-state index contributed by atoms with van der Waals surface area (Å²) in [5, 5.41) is 0. The van der Waals surface area contributed by atoms with Crippen molar-refractivity contribution in [2.45, 2.75) is 64.0 Å². The molecule has 2 aliphatic rings. The highest BCUT2D eigenvalue weighted by Gasteiger charge is 2.42. The second-order valence-corrected chi connectivity index (χ2v) is 12.9. The number of likely N-dealkylation sites (tertiary alicyclic amines) is 2. The molecule has 2 saturated heterocycles. The monoisotopic (exact) mass is 644 g/mol. The Bertz CT molecular complexity index is 1290. The second kappa shape index (κ2) is 13.9. The lowest BCUT2D eigenvalue weighted by molar-refractivity contribution is -0.143. The Morgan fingerprint density at radius 2 is 1.51 bits per heavy atom. The Kier molecular flexibility index (Phi) is 10.8. The third-order valence-electron chi connectivity index (χ3n) is 9.50. The van der Waals surface area contributed by atoms with Gasteiger partial charge in [0.1, 0.15) is 5.82 Å². The van der Waals surface area contributed by atoms with Crippen molar-refractivity contribution in [2.75, 3.05) is 53.9 Å². The van der Waals surface area contributed by atoms with E-state index in [0.717, 1.165) is 51.0 Å². The van der Waals surface area contributed by atoms with Gasteiger partial charge >= 0.3 is 18.4 Å². The Morgan fingerprint density at radius 3 is 2.04 bits per heavy atom. The zero-order valence-corrected chi connectivity index (χ0v) is 26.5. The zero-order chi connectivity index (χ0) is 33.3. The minimum Gasteiger partial charge on any atom is -0.321 e. The molecular formula is C33H43F7N4O. The average Bonchev–Trinajstić information content (AvgIpc) is 3.37.